The lowest BCUT2D eigenvalue weighted by Gasteiger charge is -2.44. The number of piperazine rings is 1. The molecule has 3 rings (SSSR count). The Bertz CT molecular complexity index is 1040. The van der Waals surface area contributed by atoms with Crippen LogP contribution >= 0.6 is 19.1 Å². The van der Waals surface area contributed by atoms with Gasteiger partial charge in [0.15, 0.2) is 6.61 Å². The van der Waals surface area contributed by atoms with E-state index >= 15 is 0 Å². The van der Waals surface area contributed by atoms with Gasteiger partial charge in [0.05, 0.1) is 0 Å². The van der Waals surface area contributed by atoms with Crippen molar-refractivity contribution in [1.29, 1.82) is 0 Å². The number of ether oxygens (including phenoxy) is 1. The van der Waals surface area contributed by atoms with Gasteiger partial charge in [0, 0.05) is 55.0 Å². The number of hydrogen-bond donors (Lipinski definition) is 2. The maximum Gasteiger partial charge on any atom is 0.267 e. The van der Waals surface area contributed by atoms with Crippen molar-refractivity contribution in [2.75, 3.05) is 25.9 Å². The highest BCUT2D eigenvalue weighted by atomic mass is 35.5. The van der Waals surface area contributed by atoms with E-state index in [1.54, 1.807) is 37.3 Å². The Hall–Kier alpha value is -1.96. The lowest BCUT2D eigenvalue weighted by Crippen LogP contribution is -2.58. The molecule has 0 spiro atoms. The van der Waals surface area contributed by atoms with Crippen molar-refractivity contribution < 1.29 is 23.4 Å². The molecular formula is C24H32ClFN3O4P. The summed E-state index contributed by atoms with van der Waals surface area (Å²) in [5, 5.41) is 3.11. The van der Waals surface area contributed by atoms with Crippen molar-refractivity contribution in [2.45, 2.75) is 45.9 Å². The van der Waals surface area contributed by atoms with Gasteiger partial charge in [-0.3, -0.25) is 14.3 Å². The molecule has 0 radical (unpaired) electrons. The van der Waals surface area contributed by atoms with E-state index in [-0.39, 0.29) is 43.1 Å². The van der Waals surface area contributed by atoms with E-state index in [1.165, 1.54) is 12.1 Å². The Morgan fingerprint density at radius 2 is 1.91 bits per heavy atom. The highest BCUT2D eigenvalue weighted by molar-refractivity contribution is 7.55. The van der Waals surface area contributed by atoms with Crippen LogP contribution in [0, 0.1) is 5.82 Å². The molecule has 1 fully saturated rings. The third kappa shape index (κ3) is 7.27. The van der Waals surface area contributed by atoms with Crippen molar-refractivity contribution in [3.05, 3.63) is 64.4 Å². The van der Waals surface area contributed by atoms with Gasteiger partial charge < -0.3 is 14.5 Å². The zero-order valence-electron chi connectivity index (χ0n) is 19.7. The van der Waals surface area contributed by atoms with Gasteiger partial charge in [-0.25, -0.2) is 9.48 Å². The number of nitrogens with zero attached hydrogens (tertiary/aromatic N) is 2. The predicted octanol–water partition coefficient (Wildman–Crippen LogP) is 4.27. The van der Waals surface area contributed by atoms with Crippen LogP contribution in [0.25, 0.3) is 0 Å². The van der Waals surface area contributed by atoms with Gasteiger partial charge in [-0.1, -0.05) is 30.7 Å². The van der Waals surface area contributed by atoms with Gasteiger partial charge in [0.2, 0.25) is 0 Å². The monoisotopic (exact) mass is 511 g/mol. The first-order chi connectivity index (χ1) is 16.1. The van der Waals surface area contributed by atoms with E-state index in [9.17, 15) is 18.6 Å². The van der Waals surface area contributed by atoms with Gasteiger partial charge in [0.1, 0.15) is 11.6 Å². The summed E-state index contributed by atoms with van der Waals surface area (Å²) in [4.78, 5) is 26.9. The molecule has 1 unspecified atom stereocenters. The maximum absolute atomic E-state index is 13.2. The number of halogens is 2. The number of amides is 1. The summed E-state index contributed by atoms with van der Waals surface area (Å²) < 4.78 is 30.9. The summed E-state index contributed by atoms with van der Waals surface area (Å²) in [6.45, 7) is 7.60. The summed E-state index contributed by atoms with van der Waals surface area (Å²) in [6, 6.07) is 11.6. The number of nitrogens with one attached hydrogen (secondary N) is 1. The van der Waals surface area contributed by atoms with E-state index in [2.05, 4.69) is 16.9 Å². The van der Waals surface area contributed by atoms with E-state index in [0.717, 1.165) is 5.56 Å². The third-order valence-corrected chi connectivity index (χ3v) is 7.80. The summed E-state index contributed by atoms with van der Waals surface area (Å²) in [5.41, 5.74) is 1.64. The molecule has 2 N–H and O–H groups in total. The lowest BCUT2D eigenvalue weighted by atomic mass is 10.1. The zero-order chi connectivity index (χ0) is 24.9. The summed E-state index contributed by atoms with van der Waals surface area (Å²) in [5.74, 6) is 0.0592. The van der Waals surface area contributed by atoms with Crippen LogP contribution in [-0.2, 0) is 22.4 Å². The van der Waals surface area contributed by atoms with Gasteiger partial charge in [-0.15, -0.1) is 0 Å². The van der Waals surface area contributed by atoms with Gasteiger partial charge in [-0.05, 0) is 49.7 Å². The summed E-state index contributed by atoms with van der Waals surface area (Å²) in [7, 11) is -3.43. The molecule has 10 heteroatoms. The molecule has 1 amide bonds. The Kier molecular flexibility index (Phi) is 9.13. The smallest absolute Gasteiger partial charge is 0.267 e. The highest BCUT2D eigenvalue weighted by Gasteiger charge is 2.32. The number of rotatable bonds is 9. The fourth-order valence-electron chi connectivity index (χ4n) is 3.96. The maximum atomic E-state index is 13.2. The summed E-state index contributed by atoms with van der Waals surface area (Å²) >= 11 is 6.09. The largest absolute Gasteiger partial charge is 0.483 e. The third-order valence-electron chi connectivity index (χ3n) is 6.05. The minimum atomic E-state index is -3.43. The summed E-state index contributed by atoms with van der Waals surface area (Å²) in [6.07, 6.45) is 0.103. The molecule has 7 nitrogen and oxygen atoms in total. The Morgan fingerprint density at radius 1 is 1.21 bits per heavy atom. The molecule has 1 heterocycles. The molecule has 0 aromatic heterocycles. The van der Waals surface area contributed by atoms with E-state index in [4.69, 9.17) is 16.3 Å². The quantitative estimate of drug-likeness (QED) is 0.489. The zero-order valence-corrected chi connectivity index (χ0v) is 21.4. The fraction of sp³-hybridized carbons (Fsp3) is 0.458. The van der Waals surface area contributed by atoms with Crippen LogP contribution in [-0.4, -0.2) is 58.5 Å². The molecule has 0 bridgehead atoms. The van der Waals surface area contributed by atoms with Crippen molar-refractivity contribution in [2.24, 2.45) is 0 Å². The van der Waals surface area contributed by atoms with E-state index < -0.39 is 7.52 Å². The Morgan fingerprint density at radius 3 is 2.59 bits per heavy atom. The second kappa shape index (κ2) is 11.6. The van der Waals surface area contributed by atoms with Gasteiger partial charge in [-0.2, -0.15) is 0 Å². The van der Waals surface area contributed by atoms with Crippen molar-refractivity contribution >= 4 is 25.0 Å². The molecule has 34 heavy (non-hydrogen) atoms. The second-order valence-corrected chi connectivity index (χ2v) is 11.5. The Balaban J connectivity index is 1.59. The van der Waals surface area contributed by atoms with E-state index in [1.807, 2.05) is 11.8 Å². The minimum absolute atomic E-state index is 0.0103. The van der Waals surface area contributed by atoms with Crippen LogP contribution in [0.1, 0.15) is 31.9 Å². The average molecular weight is 512 g/mol. The standard InChI is InChI=1S/C24H32ClFN3O4P/c1-4-34(31,32)27-12-20-11-21(25)7-10-23(20)33-16-24(30)29-14-17(2)28(13-18(29)3)15-19-5-8-22(26)9-6-19/h5-11,17-18H,4,12-16H2,1-3H3,(H2,27,31,32)/t17-,18+/m0/s1. The molecule has 3 atom stereocenters. The van der Waals surface area contributed by atoms with Crippen LogP contribution in [0.2, 0.25) is 5.02 Å². The van der Waals surface area contributed by atoms with Crippen molar-refractivity contribution in [3.63, 3.8) is 0 Å². The molecule has 186 valence electrons. The molecule has 1 aliphatic heterocycles. The minimum Gasteiger partial charge on any atom is -0.483 e. The van der Waals surface area contributed by atoms with Gasteiger partial charge in [0.25, 0.3) is 13.4 Å². The SMILES string of the molecule is CCP(=O)(O)NCc1cc(Cl)ccc1OCC(=O)N1C[C@H](C)N(Cc2ccc(F)cc2)C[C@H]1C. The molecule has 0 aliphatic carbocycles. The first-order valence-electron chi connectivity index (χ1n) is 11.3. The first-order valence-corrected chi connectivity index (χ1v) is 13.6. The Labute approximate surface area is 205 Å². The molecule has 0 saturated carbocycles. The number of benzene rings is 2. The fourth-order valence-corrected chi connectivity index (χ4v) is 4.80. The first kappa shape index (κ1) is 26.6. The molecule has 1 aliphatic rings. The van der Waals surface area contributed by atoms with Crippen LogP contribution < -0.4 is 9.82 Å². The average Bonchev–Trinajstić information content (AvgIpc) is 2.80. The predicted molar refractivity (Wildman–Crippen MR) is 132 cm³/mol. The normalized spacial score (nSPS) is 20.7. The molecule has 2 aromatic carbocycles. The van der Waals surface area contributed by atoms with Crippen molar-refractivity contribution in [3.8, 4) is 5.75 Å². The van der Waals surface area contributed by atoms with Crippen molar-refractivity contribution in [1.82, 2.24) is 14.9 Å². The number of carbonyl (C=O) groups excluding carboxylic acids is 1. The lowest BCUT2D eigenvalue weighted by molar-refractivity contribution is -0.139. The van der Waals surface area contributed by atoms with Crippen LogP contribution in [0.15, 0.2) is 42.5 Å². The topological polar surface area (TPSA) is 82.1 Å². The van der Waals surface area contributed by atoms with E-state index in [0.29, 0.717) is 36.0 Å². The van der Waals surface area contributed by atoms with Crippen LogP contribution in [0.3, 0.4) is 0 Å². The second-order valence-electron chi connectivity index (χ2n) is 8.69. The molecule has 2 aromatic rings. The molecular weight excluding hydrogens is 480 g/mol. The van der Waals surface area contributed by atoms with Crippen LogP contribution in [0.5, 0.6) is 5.75 Å². The molecule has 1 saturated heterocycles. The van der Waals surface area contributed by atoms with Gasteiger partial charge >= 0.3 is 0 Å². The number of hydrogen-bond acceptors (Lipinski definition) is 4. The number of carbonyl (C=O) groups is 1. The highest BCUT2D eigenvalue weighted by Crippen LogP contribution is 2.35. The van der Waals surface area contributed by atoms with Crippen LogP contribution in [0.4, 0.5) is 4.39 Å².